The van der Waals surface area contributed by atoms with E-state index in [2.05, 4.69) is 18.7 Å². The quantitative estimate of drug-likeness (QED) is 0.408. The van der Waals surface area contributed by atoms with Gasteiger partial charge in [-0.05, 0) is 25.9 Å². The van der Waals surface area contributed by atoms with Crippen LogP contribution in [0.3, 0.4) is 0 Å². The summed E-state index contributed by atoms with van der Waals surface area (Å²) in [7, 11) is 0. The normalized spacial score (nSPS) is 7.88. The van der Waals surface area contributed by atoms with Gasteiger partial charge in [0, 0.05) is 0 Å². The fraction of sp³-hybridized carbons (Fsp3) is 0.667. The molecule has 0 aliphatic carbocycles. The van der Waals surface area contributed by atoms with E-state index in [0.717, 1.165) is 19.5 Å². The van der Waals surface area contributed by atoms with Gasteiger partial charge < -0.3 is 59.9 Å². The topological polar surface area (TPSA) is 3.24 Å². The van der Waals surface area contributed by atoms with E-state index in [1.165, 1.54) is 12.8 Å². The van der Waals surface area contributed by atoms with Gasteiger partial charge in [-0.3, -0.25) is 0 Å². The SMILES string of the molecule is CCCCN(CCC)C([S-])[S-].[CH3-].[CH3-].[CH3-].[CH3-].[Ru+6]. The van der Waals surface area contributed by atoms with E-state index >= 15 is 0 Å². The molecule has 0 saturated carbocycles. The van der Waals surface area contributed by atoms with E-state index in [9.17, 15) is 0 Å². The number of hydrogen-bond acceptors (Lipinski definition) is 3. The van der Waals surface area contributed by atoms with Crippen LogP contribution in [0.4, 0.5) is 0 Å². The van der Waals surface area contributed by atoms with Crippen LogP contribution in [-0.2, 0) is 44.7 Å². The smallest absolute Gasteiger partial charge is 0.800 e. The number of rotatable bonds is 6. The van der Waals surface area contributed by atoms with Gasteiger partial charge in [0.05, 0.1) is 0 Å². The minimum absolute atomic E-state index is 0. The molecule has 102 valence electrons. The van der Waals surface area contributed by atoms with Crippen LogP contribution >= 0.6 is 0 Å². The van der Waals surface area contributed by atoms with E-state index in [-0.39, 0.29) is 53.9 Å². The molecule has 0 rings (SSSR count). The molecule has 0 radical (unpaired) electrons. The monoisotopic (exact) mass is 353 g/mol. The van der Waals surface area contributed by atoms with Crippen molar-refractivity contribution in [1.29, 1.82) is 0 Å². The first kappa shape index (κ1) is 36.0. The molecule has 0 fully saturated rings. The van der Waals surface area contributed by atoms with E-state index in [1.54, 1.807) is 0 Å². The second-order valence-electron chi connectivity index (χ2n) is 2.70. The summed E-state index contributed by atoms with van der Waals surface area (Å²) in [6, 6.07) is 0. The summed E-state index contributed by atoms with van der Waals surface area (Å²) in [5.74, 6) is 0. The summed E-state index contributed by atoms with van der Waals surface area (Å²) in [5.41, 5.74) is 0. The molecule has 0 aromatic heterocycles. The second kappa shape index (κ2) is 25.2. The number of hydrogen-bond donors (Lipinski definition) is 0. The summed E-state index contributed by atoms with van der Waals surface area (Å²) >= 11 is 10.0. The maximum atomic E-state index is 5.02. The predicted octanol–water partition coefficient (Wildman–Crippen LogP) is 3.67. The van der Waals surface area contributed by atoms with Crippen LogP contribution in [0.5, 0.6) is 0 Å². The van der Waals surface area contributed by atoms with Gasteiger partial charge in [-0.25, -0.2) is 4.71 Å². The fourth-order valence-corrected chi connectivity index (χ4v) is 1.39. The predicted molar refractivity (Wildman–Crippen MR) is 80.9 cm³/mol. The van der Waals surface area contributed by atoms with Crippen LogP contribution in [0.2, 0.25) is 0 Å². The van der Waals surface area contributed by atoms with Crippen molar-refractivity contribution in [1.82, 2.24) is 4.90 Å². The van der Waals surface area contributed by atoms with E-state index in [1.807, 2.05) is 0 Å². The largest absolute Gasteiger partial charge is 6.00 e. The summed E-state index contributed by atoms with van der Waals surface area (Å²) in [5, 5.41) is 0. The van der Waals surface area contributed by atoms with Crippen molar-refractivity contribution in [2.75, 3.05) is 13.1 Å². The van der Waals surface area contributed by atoms with Crippen molar-refractivity contribution in [3.63, 3.8) is 0 Å². The Hall–Kier alpha value is 1.28. The Kier molecular flexibility index (Phi) is 56.7. The maximum Gasteiger partial charge on any atom is 6.00 e. The Morgan fingerprint density at radius 2 is 1.31 bits per heavy atom. The Morgan fingerprint density at radius 3 is 1.56 bits per heavy atom. The van der Waals surface area contributed by atoms with Gasteiger partial charge >= 0.3 is 19.5 Å². The van der Waals surface area contributed by atoms with Gasteiger partial charge in [-0.2, -0.15) is 0 Å². The van der Waals surface area contributed by atoms with Gasteiger partial charge in [0.2, 0.25) is 0 Å². The molecular weight excluding hydrogens is 323 g/mol. The zero-order valence-electron chi connectivity index (χ0n) is 11.7. The summed E-state index contributed by atoms with van der Waals surface area (Å²) in [4.78, 5) is 2.19. The van der Waals surface area contributed by atoms with Crippen LogP contribution in [-0.4, -0.2) is 22.7 Å². The Labute approximate surface area is 130 Å². The summed E-state index contributed by atoms with van der Waals surface area (Å²) in [6.07, 6.45) is 3.58. The van der Waals surface area contributed by atoms with Crippen molar-refractivity contribution in [3.8, 4) is 0 Å². The number of unbranched alkanes of at least 4 members (excludes halogenated alkanes) is 1. The molecule has 0 spiro atoms. The maximum absolute atomic E-state index is 5.02. The van der Waals surface area contributed by atoms with Crippen LogP contribution in [0, 0.1) is 29.7 Å². The molecule has 0 atom stereocenters. The van der Waals surface area contributed by atoms with Crippen molar-refractivity contribution in [2.24, 2.45) is 0 Å². The van der Waals surface area contributed by atoms with Crippen LogP contribution < -0.4 is 0 Å². The number of nitrogens with zero attached hydrogens (tertiary/aromatic N) is 1. The van der Waals surface area contributed by atoms with Crippen molar-refractivity contribution in [2.45, 2.75) is 37.8 Å². The molecule has 0 aromatic rings. The molecule has 0 N–H and O–H groups in total. The fourth-order valence-electron chi connectivity index (χ4n) is 0.971. The van der Waals surface area contributed by atoms with Gasteiger partial charge in [0.25, 0.3) is 0 Å². The first-order valence-corrected chi connectivity index (χ1v) is 5.22. The first-order valence-electron chi connectivity index (χ1n) is 4.28. The second-order valence-corrected chi connectivity index (χ2v) is 3.89. The Morgan fingerprint density at radius 1 is 0.875 bits per heavy atom. The van der Waals surface area contributed by atoms with E-state index in [0.29, 0.717) is 0 Å². The first-order chi connectivity index (χ1) is 5.22. The molecular formula is C12H29NRuS2. The third-order valence-electron chi connectivity index (χ3n) is 1.61. The van der Waals surface area contributed by atoms with Gasteiger partial charge in [-0.1, -0.05) is 20.3 Å². The van der Waals surface area contributed by atoms with Crippen molar-refractivity contribution in [3.05, 3.63) is 29.7 Å². The molecule has 0 saturated heterocycles. The molecule has 16 heavy (non-hydrogen) atoms. The minimum Gasteiger partial charge on any atom is -0.800 e. The van der Waals surface area contributed by atoms with Crippen molar-refractivity contribution >= 4 is 25.3 Å². The molecule has 0 heterocycles. The molecule has 0 aliphatic heterocycles. The zero-order valence-corrected chi connectivity index (χ0v) is 15.1. The molecule has 4 heteroatoms. The minimum atomic E-state index is -0.110. The molecule has 0 aromatic carbocycles. The van der Waals surface area contributed by atoms with Crippen LogP contribution in [0.25, 0.3) is 0 Å². The van der Waals surface area contributed by atoms with Crippen molar-refractivity contribution < 1.29 is 19.5 Å². The summed E-state index contributed by atoms with van der Waals surface area (Å²) in [6.45, 7) is 6.47. The molecule has 0 unspecified atom stereocenters. The van der Waals surface area contributed by atoms with Crippen LogP contribution in [0.1, 0.15) is 33.1 Å². The van der Waals surface area contributed by atoms with Gasteiger partial charge in [-0.15, -0.1) is 0 Å². The average molecular weight is 353 g/mol. The van der Waals surface area contributed by atoms with E-state index < -0.39 is 0 Å². The Bertz CT molecular complexity index is 93.1. The third-order valence-corrected chi connectivity index (χ3v) is 2.20. The Balaban J connectivity index is -0.0000000500. The molecule has 0 amide bonds. The van der Waals surface area contributed by atoms with E-state index in [4.69, 9.17) is 25.3 Å². The molecule has 0 aliphatic rings. The molecule has 0 bridgehead atoms. The third kappa shape index (κ3) is 20.7. The average Bonchev–Trinajstić information content (AvgIpc) is 1.97. The standard InChI is InChI=1S/C8H19NS2.4CH3.Ru/c1-3-5-7-9(6-4-2)8(10)11;;;;;/h8,10-11H,3-7H2,1-2H3;4*1H3;/q;4*-1;+6/p-2. The van der Waals surface area contributed by atoms with Gasteiger partial charge in [0.15, 0.2) is 0 Å². The molecule has 1 nitrogen and oxygen atoms in total. The summed E-state index contributed by atoms with van der Waals surface area (Å²) < 4.78 is -0.110. The van der Waals surface area contributed by atoms with Crippen LogP contribution in [0.15, 0.2) is 0 Å². The zero-order chi connectivity index (χ0) is 8.69. The van der Waals surface area contributed by atoms with Gasteiger partial charge in [0.1, 0.15) is 0 Å².